The van der Waals surface area contributed by atoms with Crippen LogP contribution in [0.3, 0.4) is 0 Å². The van der Waals surface area contributed by atoms with Gasteiger partial charge in [-0.25, -0.2) is 0 Å². The van der Waals surface area contributed by atoms with Gasteiger partial charge in [0.2, 0.25) is 0 Å². The van der Waals surface area contributed by atoms with Gasteiger partial charge in [0.05, 0.1) is 0 Å². The summed E-state index contributed by atoms with van der Waals surface area (Å²) in [4.78, 5) is 15.0. The molecule has 0 amide bonds. The summed E-state index contributed by atoms with van der Waals surface area (Å²) >= 11 is 0. The molecule has 4 nitrogen and oxygen atoms in total. The number of hydrogen-bond acceptors (Lipinski definition) is 2. The quantitative estimate of drug-likeness (QED) is 0.344. The summed E-state index contributed by atoms with van der Waals surface area (Å²) < 4.78 is 0. The van der Waals surface area contributed by atoms with E-state index in [2.05, 4.69) is 10.0 Å². The molecule has 0 bridgehead atoms. The maximum absolute atomic E-state index is 12.2. The lowest BCUT2D eigenvalue weighted by atomic mass is 9.93. The van der Waals surface area contributed by atoms with Gasteiger partial charge in [-0.2, -0.15) is 0 Å². The average molecular weight is 239 g/mol. The molecule has 0 heterocycles. The topological polar surface area (TPSA) is 65.8 Å². The SMILES string of the molecule is CC(C)(N=[N+]=[N-])C(=O)c1ccc2ccccc2c1. The minimum Gasteiger partial charge on any atom is -0.293 e. The number of hydrogen-bond donors (Lipinski definition) is 0. The second-order valence-electron chi connectivity index (χ2n) is 4.64. The Labute approximate surface area is 105 Å². The maximum atomic E-state index is 12.2. The first kappa shape index (κ1) is 12.1. The third-order valence-electron chi connectivity index (χ3n) is 2.86. The van der Waals surface area contributed by atoms with Crippen molar-refractivity contribution in [3.63, 3.8) is 0 Å². The van der Waals surface area contributed by atoms with E-state index in [9.17, 15) is 4.79 Å². The number of rotatable bonds is 3. The molecule has 2 aromatic carbocycles. The van der Waals surface area contributed by atoms with Crippen LogP contribution in [0.5, 0.6) is 0 Å². The van der Waals surface area contributed by atoms with Crippen LogP contribution < -0.4 is 0 Å². The van der Waals surface area contributed by atoms with E-state index in [1.165, 1.54) is 0 Å². The fourth-order valence-electron chi connectivity index (χ4n) is 1.84. The highest BCUT2D eigenvalue weighted by Gasteiger charge is 2.27. The van der Waals surface area contributed by atoms with Crippen molar-refractivity contribution >= 4 is 16.6 Å². The fourth-order valence-corrected chi connectivity index (χ4v) is 1.84. The van der Waals surface area contributed by atoms with Crippen LogP contribution in [0.1, 0.15) is 24.2 Å². The Hall–Kier alpha value is -2.32. The van der Waals surface area contributed by atoms with Gasteiger partial charge in [-0.1, -0.05) is 41.5 Å². The Morgan fingerprint density at radius 3 is 2.50 bits per heavy atom. The zero-order chi connectivity index (χ0) is 13.2. The van der Waals surface area contributed by atoms with E-state index >= 15 is 0 Å². The number of fused-ring (bicyclic) bond motifs is 1. The fraction of sp³-hybridized carbons (Fsp3) is 0.214. The summed E-state index contributed by atoms with van der Waals surface area (Å²) in [5, 5.41) is 5.62. The third kappa shape index (κ3) is 2.19. The number of carbonyl (C=O) groups is 1. The number of benzene rings is 2. The van der Waals surface area contributed by atoms with Gasteiger partial charge >= 0.3 is 0 Å². The van der Waals surface area contributed by atoms with Crippen LogP contribution in [0.25, 0.3) is 21.2 Å². The van der Waals surface area contributed by atoms with Gasteiger partial charge in [-0.3, -0.25) is 4.79 Å². The van der Waals surface area contributed by atoms with Crippen molar-refractivity contribution in [3.05, 3.63) is 58.5 Å². The first-order valence-corrected chi connectivity index (χ1v) is 5.64. The summed E-state index contributed by atoms with van der Waals surface area (Å²) in [6.45, 7) is 3.23. The van der Waals surface area contributed by atoms with Gasteiger partial charge in [0.1, 0.15) is 5.54 Å². The molecule has 18 heavy (non-hydrogen) atoms. The van der Waals surface area contributed by atoms with E-state index in [0.29, 0.717) is 5.56 Å². The highest BCUT2D eigenvalue weighted by molar-refractivity contribution is 6.05. The molecule has 2 rings (SSSR count). The Morgan fingerprint density at radius 1 is 1.17 bits per heavy atom. The third-order valence-corrected chi connectivity index (χ3v) is 2.86. The van der Waals surface area contributed by atoms with Gasteiger partial charge in [0.25, 0.3) is 0 Å². The van der Waals surface area contributed by atoms with Gasteiger partial charge in [0.15, 0.2) is 5.78 Å². The van der Waals surface area contributed by atoms with Gasteiger partial charge in [-0.15, -0.1) is 0 Å². The van der Waals surface area contributed by atoms with Gasteiger partial charge in [0, 0.05) is 10.5 Å². The van der Waals surface area contributed by atoms with Crippen LogP contribution in [-0.2, 0) is 0 Å². The number of nitrogens with zero attached hydrogens (tertiary/aromatic N) is 3. The summed E-state index contributed by atoms with van der Waals surface area (Å²) in [7, 11) is 0. The molecule has 0 N–H and O–H groups in total. The number of ketones is 1. The summed E-state index contributed by atoms with van der Waals surface area (Å²) in [5.74, 6) is -0.175. The van der Waals surface area contributed by atoms with Crippen molar-refractivity contribution in [2.24, 2.45) is 5.11 Å². The lowest BCUT2D eigenvalue weighted by Crippen LogP contribution is -2.28. The average Bonchev–Trinajstić information content (AvgIpc) is 2.37. The highest BCUT2D eigenvalue weighted by atomic mass is 16.1. The van der Waals surface area contributed by atoms with Crippen LogP contribution >= 0.6 is 0 Å². The lowest BCUT2D eigenvalue weighted by Gasteiger charge is -2.16. The van der Waals surface area contributed by atoms with Gasteiger partial charge < -0.3 is 0 Å². The van der Waals surface area contributed by atoms with E-state index in [4.69, 9.17) is 5.53 Å². The molecule has 4 heteroatoms. The molecule has 90 valence electrons. The highest BCUT2D eigenvalue weighted by Crippen LogP contribution is 2.21. The van der Waals surface area contributed by atoms with Crippen molar-refractivity contribution < 1.29 is 4.79 Å². The van der Waals surface area contributed by atoms with Crippen molar-refractivity contribution in [3.8, 4) is 0 Å². The smallest absolute Gasteiger partial charge is 0.174 e. The molecule has 0 saturated carbocycles. The standard InChI is InChI=1S/C14H13N3O/c1-14(2,16-17-15)13(18)12-8-7-10-5-3-4-6-11(10)9-12/h3-9H,1-2H3. The predicted molar refractivity (Wildman–Crippen MR) is 71.5 cm³/mol. The maximum Gasteiger partial charge on any atom is 0.174 e. The van der Waals surface area contributed by atoms with Crippen molar-refractivity contribution in [1.29, 1.82) is 0 Å². The largest absolute Gasteiger partial charge is 0.293 e. The van der Waals surface area contributed by atoms with Crippen LogP contribution in [0.15, 0.2) is 47.6 Å². The second kappa shape index (κ2) is 4.51. The molecule has 0 spiro atoms. The normalized spacial score (nSPS) is 11.0. The van der Waals surface area contributed by atoms with E-state index in [-0.39, 0.29) is 5.78 Å². The molecule has 0 unspecified atom stereocenters. The predicted octanol–water partition coefficient (Wildman–Crippen LogP) is 4.11. The molecular weight excluding hydrogens is 226 g/mol. The molecular formula is C14H13N3O. The first-order valence-electron chi connectivity index (χ1n) is 5.64. The zero-order valence-corrected chi connectivity index (χ0v) is 10.3. The van der Waals surface area contributed by atoms with E-state index in [1.807, 2.05) is 36.4 Å². The van der Waals surface area contributed by atoms with E-state index < -0.39 is 5.54 Å². The molecule has 0 aliphatic rings. The summed E-state index contributed by atoms with van der Waals surface area (Å²) in [5.41, 5.74) is 7.98. The Kier molecular flexibility index (Phi) is 3.04. The Morgan fingerprint density at radius 2 is 1.83 bits per heavy atom. The van der Waals surface area contributed by atoms with Crippen LogP contribution in [0, 0.1) is 0 Å². The van der Waals surface area contributed by atoms with Crippen LogP contribution in [0.4, 0.5) is 0 Å². The summed E-state index contributed by atoms with van der Waals surface area (Å²) in [6.07, 6.45) is 0. The molecule has 0 saturated heterocycles. The zero-order valence-electron chi connectivity index (χ0n) is 10.3. The second-order valence-corrected chi connectivity index (χ2v) is 4.64. The molecule has 0 aliphatic carbocycles. The van der Waals surface area contributed by atoms with E-state index in [1.54, 1.807) is 19.9 Å². The molecule has 0 radical (unpaired) electrons. The molecule has 0 aliphatic heterocycles. The van der Waals surface area contributed by atoms with Crippen molar-refractivity contribution in [1.82, 2.24) is 0 Å². The minimum atomic E-state index is -1.06. The Balaban J connectivity index is 2.49. The number of azide groups is 1. The number of carbonyl (C=O) groups excluding carboxylic acids is 1. The molecule has 0 aromatic heterocycles. The lowest BCUT2D eigenvalue weighted by molar-refractivity contribution is 0.0914. The van der Waals surface area contributed by atoms with Crippen molar-refractivity contribution in [2.75, 3.05) is 0 Å². The minimum absolute atomic E-state index is 0.175. The van der Waals surface area contributed by atoms with E-state index in [0.717, 1.165) is 10.8 Å². The monoisotopic (exact) mass is 239 g/mol. The Bertz CT molecular complexity index is 655. The summed E-state index contributed by atoms with van der Waals surface area (Å²) in [6, 6.07) is 13.3. The molecule has 2 aromatic rings. The van der Waals surface area contributed by atoms with Crippen LogP contribution in [0.2, 0.25) is 0 Å². The first-order chi connectivity index (χ1) is 8.54. The van der Waals surface area contributed by atoms with Crippen LogP contribution in [-0.4, -0.2) is 11.3 Å². The van der Waals surface area contributed by atoms with Crippen molar-refractivity contribution in [2.45, 2.75) is 19.4 Å². The van der Waals surface area contributed by atoms with Gasteiger partial charge in [-0.05, 0) is 36.2 Å². The molecule has 0 atom stereocenters. The molecule has 0 fully saturated rings. The number of Topliss-reactive ketones (excluding diaryl/α,β-unsaturated/α-hetero) is 1.